The van der Waals surface area contributed by atoms with Gasteiger partial charge in [0.1, 0.15) is 5.60 Å². The highest BCUT2D eigenvalue weighted by atomic mass is 19.3. The van der Waals surface area contributed by atoms with Gasteiger partial charge in [-0.2, -0.15) is 8.78 Å². The SMILES string of the molecule is CC(C)(C)OC(=O)N1CCC2(C1)CN(c1cnc(C(C)(F)F)nc1)C2. The van der Waals surface area contributed by atoms with E-state index in [4.69, 9.17) is 4.74 Å². The van der Waals surface area contributed by atoms with E-state index in [0.717, 1.165) is 32.1 Å². The zero-order valence-corrected chi connectivity index (χ0v) is 15.1. The summed E-state index contributed by atoms with van der Waals surface area (Å²) in [6.45, 7) is 9.20. The summed E-state index contributed by atoms with van der Waals surface area (Å²) in [5, 5.41) is 0. The van der Waals surface area contributed by atoms with Gasteiger partial charge in [0.15, 0.2) is 5.82 Å². The van der Waals surface area contributed by atoms with Crippen LogP contribution in [0, 0.1) is 5.41 Å². The van der Waals surface area contributed by atoms with Crippen molar-refractivity contribution in [3.63, 3.8) is 0 Å². The Hall–Kier alpha value is -1.99. The third-order valence-electron chi connectivity index (χ3n) is 4.54. The molecule has 0 N–H and O–H groups in total. The minimum absolute atomic E-state index is 0.0459. The lowest BCUT2D eigenvalue weighted by atomic mass is 9.79. The summed E-state index contributed by atoms with van der Waals surface area (Å²) < 4.78 is 31.8. The van der Waals surface area contributed by atoms with Crippen molar-refractivity contribution in [1.29, 1.82) is 0 Å². The molecule has 0 atom stereocenters. The van der Waals surface area contributed by atoms with Crippen LogP contribution < -0.4 is 4.90 Å². The molecule has 138 valence electrons. The van der Waals surface area contributed by atoms with Gasteiger partial charge in [0, 0.05) is 38.5 Å². The van der Waals surface area contributed by atoms with Crippen LogP contribution in [0.15, 0.2) is 12.4 Å². The van der Waals surface area contributed by atoms with Crippen molar-refractivity contribution >= 4 is 11.8 Å². The average molecular weight is 354 g/mol. The van der Waals surface area contributed by atoms with Crippen molar-refractivity contribution in [2.75, 3.05) is 31.1 Å². The zero-order chi connectivity index (χ0) is 18.5. The number of alkyl halides is 2. The molecule has 2 aliphatic rings. The first-order valence-corrected chi connectivity index (χ1v) is 8.41. The summed E-state index contributed by atoms with van der Waals surface area (Å²) in [6, 6.07) is 0. The van der Waals surface area contributed by atoms with Gasteiger partial charge in [-0.05, 0) is 27.2 Å². The lowest BCUT2D eigenvalue weighted by molar-refractivity contribution is 0.00766. The number of anilines is 1. The minimum atomic E-state index is -3.03. The van der Waals surface area contributed by atoms with Crippen molar-refractivity contribution in [2.45, 2.75) is 45.6 Å². The first-order chi connectivity index (χ1) is 11.5. The summed E-state index contributed by atoms with van der Waals surface area (Å²) in [5.74, 6) is -3.50. The molecule has 8 heteroatoms. The molecule has 2 aliphatic heterocycles. The molecule has 6 nitrogen and oxygen atoms in total. The lowest BCUT2D eigenvalue weighted by Gasteiger charge is -2.49. The van der Waals surface area contributed by atoms with Gasteiger partial charge in [-0.15, -0.1) is 0 Å². The number of nitrogens with zero attached hydrogens (tertiary/aromatic N) is 4. The number of rotatable bonds is 2. The van der Waals surface area contributed by atoms with Gasteiger partial charge >= 0.3 is 12.0 Å². The van der Waals surface area contributed by atoms with E-state index in [2.05, 4.69) is 14.9 Å². The second kappa shape index (κ2) is 5.78. The van der Waals surface area contributed by atoms with Gasteiger partial charge in [-0.25, -0.2) is 14.8 Å². The van der Waals surface area contributed by atoms with Crippen molar-refractivity contribution in [3.8, 4) is 0 Å². The van der Waals surface area contributed by atoms with Crippen molar-refractivity contribution in [1.82, 2.24) is 14.9 Å². The highest BCUT2D eigenvalue weighted by molar-refractivity contribution is 5.69. The Kier molecular flexibility index (Phi) is 4.12. The number of carbonyl (C=O) groups excluding carboxylic acids is 1. The second-order valence-electron chi connectivity index (χ2n) is 8.16. The molecule has 1 spiro atoms. The summed E-state index contributed by atoms with van der Waals surface area (Å²) in [6.07, 6.45) is 3.51. The van der Waals surface area contributed by atoms with E-state index < -0.39 is 17.3 Å². The first-order valence-electron chi connectivity index (χ1n) is 8.41. The normalized spacial score (nSPS) is 19.9. The second-order valence-corrected chi connectivity index (χ2v) is 8.16. The Balaban J connectivity index is 1.56. The molecule has 3 rings (SSSR count). The van der Waals surface area contributed by atoms with Gasteiger partial charge in [0.2, 0.25) is 0 Å². The Labute approximate surface area is 146 Å². The van der Waals surface area contributed by atoms with Gasteiger partial charge in [-0.1, -0.05) is 0 Å². The maximum Gasteiger partial charge on any atom is 0.410 e. The maximum atomic E-state index is 13.2. The molecule has 3 heterocycles. The molecule has 0 saturated carbocycles. The van der Waals surface area contributed by atoms with E-state index in [-0.39, 0.29) is 11.5 Å². The molecule has 2 fully saturated rings. The van der Waals surface area contributed by atoms with Crippen molar-refractivity contribution < 1.29 is 18.3 Å². The van der Waals surface area contributed by atoms with Gasteiger partial charge in [0.05, 0.1) is 18.1 Å². The largest absolute Gasteiger partial charge is 0.444 e. The monoisotopic (exact) mass is 354 g/mol. The van der Waals surface area contributed by atoms with Crippen LogP contribution in [0.2, 0.25) is 0 Å². The van der Waals surface area contributed by atoms with Crippen LogP contribution in [0.5, 0.6) is 0 Å². The topological polar surface area (TPSA) is 58.6 Å². The number of aromatic nitrogens is 2. The number of likely N-dealkylation sites (tertiary alicyclic amines) is 1. The highest BCUT2D eigenvalue weighted by Gasteiger charge is 2.49. The van der Waals surface area contributed by atoms with Crippen LogP contribution in [-0.2, 0) is 10.7 Å². The predicted molar refractivity (Wildman–Crippen MR) is 88.7 cm³/mol. The number of hydrogen-bond acceptors (Lipinski definition) is 5. The fourth-order valence-electron chi connectivity index (χ4n) is 3.33. The number of ether oxygens (including phenoxy) is 1. The molecule has 0 unspecified atom stereocenters. The Morgan fingerprint density at radius 1 is 1.16 bits per heavy atom. The molecule has 25 heavy (non-hydrogen) atoms. The molecule has 0 aliphatic carbocycles. The maximum absolute atomic E-state index is 13.2. The summed E-state index contributed by atoms with van der Waals surface area (Å²) in [7, 11) is 0. The van der Waals surface area contributed by atoms with Crippen LogP contribution in [0.1, 0.15) is 39.9 Å². The fourth-order valence-corrected chi connectivity index (χ4v) is 3.33. The average Bonchev–Trinajstić information content (AvgIpc) is 2.89. The number of carbonyl (C=O) groups is 1. The number of amides is 1. The van der Waals surface area contributed by atoms with E-state index in [9.17, 15) is 13.6 Å². The van der Waals surface area contributed by atoms with E-state index in [1.54, 1.807) is 4.90 Å². The fraction of sp³-hybridized carbons (Fsp3) is 0.706. The van der Waals surface area contributed by atoms with Crippen LogP contribution in [-0.4, -0.2) is 52.7 Å². The standard InChI is InChI=1S/C17H24F2N4O2/c1-15(2,3)25-14(24)22-6-5-17(9-22)10-23(11-17)12-7-20-13(21-8-12)16(4,18)19/h7-8H,5-6,9-11H2,1-4H3. The van der Waals surface area contributed by atoms with E-state index >= 15 is 0 Å². The quantitative estimate of drug-likeness (QED) is 0.817. The Bertz CT molecular complexity index is 646. The Morgan fingerprint density at radius 3 is 2.28 bits per heavy atom. The van der Waals surface area contributed by atoms with Crippen molar-refractivity contribution in [3.05, 3.63) is 18.2 Å². The zero-order valence-electron chi connectivity index (χ0n) is 15.1. The summed E-state index contributed by atoms with van der Waals surface area (Å²) >= 11 is 0. The third kappa shape index (κ3) is 3.82. The molecule has 0 radical (unpaired) electrons. The number of halogens is 2. The Morgan fingerprint density at radius 2 is 1.76 bits per heavy atom. The predicted octanol–water partition coefficient (Wildman–Crippen LogP) is 3.04. The van der Waals surface area contributed by atoms with Crippen LogP contribution in [0.4, 0.5) is 19.3 Å². The molecule has 2 saturated heterocycles. The van der Waals surface area contributed by atoms with E-state index in [1.165, 1.54) is 12.4 Å². The lowest BCUT2D eigenvalue weighted by Crippen LogP contribution is -2.58. The number of hydrogen-bond donors (Lipinski definition) is 0. The third-order valence-corrected chi connectivity index (χ3v) is 4.54. The summed E-state index contributed by atoms with van der Waals surface area (Å²) in [4.78, 5) is 23.5. The van der Waals surface area contributed by atoms with Crippen molar-refractivity contribution in [2.24, 2.45) is 5.41 Å². The van der Waals surface area contributed by atoms with Gasteiger partial charge < -0.3 is 14.5 Å². The smallest absolute Gasteiger partial charge is 0.410 e. The minimum Gasteiger partial charge on any atom is -0.444 e. The molecule has 0 aromatic carbocycles. The van der Waals surface area contributed by atoms with Crippen LogP contribution in [0.3, 0.4) is 0 Å². The highest BCUT2D eigenvalue weighted by Crippen LogP contribution is 2.42. The van der Waals surface area contributed by atoms with E-state index in [0.29, 0.717) is 13.1 Å². The first kappa shape index (κ1) is 17.8. The molecular formula is C17H24F2N4O2. The van der Waals surface area contributed by atoms with Crippen LogP contribution >= 0.6 is 0 Å². The molecule has 1 aromatic rings. The van der Waals surface area contributed by atoms with Gasteiger partial charge in [0.25, 0.3) is 0 Å². The summed E-state index contributed by atoms with van der Waals surface area (Å²) in [5.41, 5.74) is 0.276. The van der Waals surface area contributed by atoms with Crippen LogP contribution in [0.25, 0.3) is 0 Å². The van der Waals surface area contributed by atoms with Gasteiger partial charge in [-0.3, -0.25) is 0 Å². The molecule has 1 amide bonds. The molecular weight excluding hydrogens is 330 g/mol. The molecule has 1 aromatic heterocycles. The van der Waals surface area contributed by atoms with E-state index in [1.807, 2.05) is 20.8 Å². The molecule has 0 bridgehead atoms.